The number of nitrogens with zero attached hydrogens (tertiary/aromatic N) is 1. The highest BCUT2D eigenvalue weighted by molar-refractivity contribution is 5.76. The van der Waals surface area contributed by atoms with E-state index < -0.39 is 5.82 Å². The van der Waals surface area contributed by atoms with Crippen molar-refractivity contribution in [1.29, 1.82) is 0 Å². The Labute approximate surface area is 155 Å². The molecule has 0 saturated carbocycles. The van der Waals surface area contributed by atoms with Crippen molar-refractivity contribution in [2.45, 2.75) is 20.0 Å². The molecule has 1 amide bonds. The maximum Gasteiger partial charge on any atom is 0.229 e. The van der Waals surface area contributed by atoms with Gasteiger partial charge in [0.25, 0.3) is 0 Å². The number of aryl methyl sites for hydroxylation is 1. The molecule has 7 heteroatoms. The predicted octanol–water partition coefficient (Wildman–Crippen LogP) is 3.40. The van der Waals surface area contributed by atoms with Gasteiger partial charge >= 0.3 is 0 Å². The molecule has 1 heterocycles. The van der Waals surface area contributed by atoms with Gasteiger partial charge < -0.3 is 19.6 Å². The third kappa shape index (κ3) is 4.44. The Kier molecular flexibility index (Phi) is 5.40. The Balaban J connectivity index is 1.71. The van der Waals surface area contributed by atoms with Crippen molar-refractivity contribution >= 4 is 5.91 Å². The lowest BCUT2D eigenvalue weighted by Gasteiger charge is -2.05. The van der Waals surface area contributed by atoms with Gasteiger partial charge in [-0.3, -0.25) is 4.79 Å². The first-order chi connectivity index (χ1) is 13.0. The number of amides is 1. The van der Waals surface area contributed by atoms with Crippen LogP contribution in [0.15, 0.2) is 46.9 Å². The second-order valence-corrected chi connectivity index (χ2v) is 5.94. The van der Waals surface area contributed by atoms with Crippen LogP contribution in [-0.4, -0.2) is 18.0 Å². The minimum absolute atomic E-state index is 0.169. The van der Waals surface area contributed by atoms with E-state index in [2.05, 4.69) is 4.98 Å². The van der Waals surface area contributed by atoms with Crippen molar-refractivity contribution in [1.82, 2.24) is 4.98 Å². The molecule has 2 N–H and O–H groups in total. The zero-order valence-electron chi connectivity index (χ0n) is 15.0. The molecule has 0 spiro atoms. The summed E-state index contributed by atoms with van der Waals surface area (Å²) in [5.74, 6) is 0.896. The molecule has 0 bridgehead atoms. The standard InChI is InChI=1S/C20H19FN2O4/c1-12-18(11-26-14-5-3-13(4-6-14)9-19(22)24)23-20(27-12)16-8-7-15(25-2)10-17(16)21/h3-8,10H,9,11H2,1-2H3,(H2,22,24). The number of carbonyl (C=O) groups is 1. The fourth-order valence-electron chi connectivity index (χ4n) is 2.53. The molecule has 0 radical (unpaired) electrons. The van der Waals surface area contributed by atoms with E-state index in [0.717, 1.165) is 5.56 Å². The van der Waals surface area contributed by atoms with Gasteiger partial charge in [-0.25, -0.2) is 9.37 Å². The summed E-state index contributed by atoms with van der Waals surface area (Å²) < 4.78 is 30.5. The van der Waals surface area contributed by atoms with Crippen molar-refractivity contribution in [2.24, 2.45) is 5.73 Å². The Bertz CT molecular complexity index is 951. The maximum atomic E-state index is 14.2. The number of carbonyl (C=O) groups excluding carboxylic acids is 1. The molecule has 27 heavy (non-hydrogen) atoms. The molecule has 3 aromatic rings. The summed E-state index contributed by atoms with van der Waals surface area (Å²) in [4.78, 5) is 15.3. The number of oxazole rings is 1. The SMILES string of the molecule is COc1ccc(-c2nc(COc3ccc(CC(N)=O)cc3)c(C)o2)c(F)c1. The van der Waals surface area contributed by atoms with Crippen LogP contribution in [0.25, 0.3) is 11.5 Å². The van der Waals surface area contributed by atoms with Crippen molar-refractivity contribution in [2.75, 3.05) is 7.11 Å². The Morgan fingerprint density at radius 2 is 1.89 bits per heavy atom. The molecule has 2 aromatic carbocycles. The minimum Gasteiger partial charge on any atom is -0.497 e. The average molecular weight is 370 g/mol. The van der Waals surface area contributed by atoms with Crippen LogP contribution in [0.5, 0.6) is 11.5 Å². The molecular weight excluding hydrogens is 351 g/mol. The topological polar surface area (TPSA) is 87.6 Å². The summed E-state index contributed by atoms with van der Waals surface area (Å²) in [6.07, 6.45) is 0.180. The molecule has 0 unspecified atom stereocenters. The van der Waals surface area contributed by atoms with E-state index >= 15 is 0 Å². The Hall–Kier alpha value is -3.35. The van der Waals surface area contributed by atoms with Crippen molar-refractivity contribution in [3.8, 4) is 23.0 Å². The molecular formula is C20H19FN2O4. The van der Waals surface area contributed by atoms with E-state index in [0.29, 0.717) is 23.0 Å². The van der Waals surface area contributed by atoms with Gasteiger partial charge in [-0.2, -0.15) is 0 Å². The Morgan fingerprint density at radius 1 is 1.19 bits per heavy atom. The Morgan fingerprint density at radius 3 is 2.52 bits per heavy atom. The van der Waals surface area contributed by atoms with Crippen LogP contribution < -0.4 is 15.2 Å². The number of aromatic nitrogens is 1. The summed E-state index contributed by atoms with van der Waals surface area (Å²) in [7, 11) is 1.47. The van der Waals surface area contributed by atoms with Gasteiger partial charge in [0.2, 0.25) is 11.8 Å². The van der Waals surface area contributed by atoms with Gasteiger partial charge in [-0.05, 0) is 36.8 Å². The van der Waals surface area contributed by atoms with E-state index in [-0.39, 0.29) is 30.4 Å². The molecule has 6 nitrogen and oxygen atoms in total. The summed E-state index contributed by atoms with van der Waals surface area (Å²) in [6.45, 7) is 1.91. The van der Waals surface area contributed by atoms with Crippen LogP contribution in [0.2, 0.25) is 0 Å². The van der Waals surface area contributed by atoms with Crippen molar-refractivity contribution in [3.05, 3.63) is 65.3 Å². The number of primary amides is 1. The fourth-order valence-corrected chi connectivity index (χ4v) is 2.53. The number of ether oxygens (including phenoxy) is 2. The van der Waals surface area contributed by atoms with E-state index in [1.54, 1.807) is 43.3 Å². The van der Waals surface area contributed by atoms with E-state index in [4.69, 9.17) is 19.6 Å². The molecule has 1 aromatic heterocycles. The summed E-state index contributed by atoms with van der Waals surface area (Å²) in [5.41, 5.74) is 6.80. The van der Waals surface area contributed by atoms with Crippen LogP contribution in [0.4, 0.5) is 4.39 Å². The number of methoxy groups -OCH3 is 1. The number of hydrogen-bond donors (Lipinski definition) is 1. The number of rotatable bonds is 7. The molecule has 0 aliphatic heterocycles. The average Bonchev–Trinajstić information content (AvgIpc) is 3.01. The summed E-state index contributed by atoms with van der Waals surface area (Å²) >= 11 is 0. The van der Waals surface area contributed by atoms with Crippen LogP contribution in [0.1, 0.15) is 17.0 Å². The van der Waals surface area contributed by atoms with E-state index in [1.165, 1.54) is 13.2 Å². The first-order valence-corrected chi connectivity index (χ1v) is 8.26. The van der Waals surface area contributed by atoms with Crippen LogP contribution >= 0.6 is 0 Å². The smallest absolute Gasteiger partial charge is 0.229 e. The zero-order valence-corrected chi connectivity index (χ0v) is 15.0. The van der Waals surface area contributed by atoms with Gasteiger partial charge in [0.05, 0.1) is 19.1 Å². The lowest BCUT2D eigenvalue weighted by molar-refractivity contribution is -0.117. The molecule has 0 saturated heterocycles. The van der Waals surface area contributed by atoms with Gasteiger partial charge in [0, 0.05) is 6.07 Å². The van der Waals surface area contributed by atoms with Crippen LogP contribution in [0.3, 0.4) is 0 Å². The quantitative estimate of drug-likeness (QED) is 0.689. The predicted molar refractivity (Wildman–Crippen MR) is 96.9 cm³/mol. The highest BCUT2D eigenvalue weighted by atomic mass is 19.1. The number of nitrogens with two attached hydrogens (primary N) is 1. The fraction of sp³-hybridized carbons (Fsp3) is 0.200. The number of hydrogen-bond acceptors (Lipinski definition) is 5. The second kappa shape index (κ2) is 7.90. The van der Waals surface area contributed by atoms with Crippen LogP contribution in [0, 0.1) is 12.7 Å². The first-order valence-electron chi connectivity index (χ1n) is 8.26. The molecule has 0 aliphatic carbocycles. The second-order valence-electron chi connectivity index (χ2n) is 5.94. The van der Waals surface area contributed by atoms with Gasteiger partial charge in [-0.15, -0.1) is 0 Å². The molecule has 140 valence electrons. The normalized spacial score (nSPS) is 10.6. The third-order valence-electron chi connectivity index (χ3n) is 3.98. The van der Waals surface area contributed by atoms with Crippen molar-refractivity contribution < 1.29 is 23.1 Å². The maximum absolute atomic E-state index is 14.2. The number of benzene rings is 2. The van der Waals surface area contributed by atoms with Crippen LogP contribution in [-0.2, 0) is 17.8 Å². The molecule has 0 atom stereocenters. The van der Waals surface area contributed by atoms with E-state index in [9.17, 15) is 9.18 Å². The first kappa shape index (κ1) is 18.4. The molecule has 0 aliphatic rings. The van der Waals surface area contributed by atoms with Gasteiger partial charge in [-0.1, -0.05) is 12.1 Å². The van der Waals surface area contributed by atoms with Crippen molar-refractivity contribution in [3.63, 3.8) is 0 Å². The van der Waals surface area contributed by atoms with E-state index in [1.807, 2.05) is 0 Å². The monoisotopic (exact) mass is 370 g/mol. The third-order valence-corrected chi connectivity index (χ3v) is 3.98. The summed E-state index contributed by atoms with van der Waals surface area (Å²) in [6, 6.07) is 11.5. The highest BCUT2D eigenvalue weighted by Gasteiger charge is 2.16. The number of halogens is 1. The molecule has 0 fully saturated rings. The molecule has 3 rings (SSSR count). The van der Waals surface area contributed by atoms with Gasteiger partial charge in [0.1, 0.15) is 35.4 Å². The lowest BCUT2D eigenvalue weighted by Crippen LogP contribution is -2.13. The minimum atomic E-state index is -0.479. The lowest BCUT2D eigenvalue weighted by atomic mass is 10.1. The summed E-state index contributed by atoms with van der Waals surface area (Å²) in [5, 5.41) is 0. The highest BCUT2D eigenvalue weighted by Crippen LogP contribution is 2.27. The largest absolute Gasteiger partial charge is 0.497 e. The zero-order chi connectivity index (χ0) is 19.4. The van der Waals surface area contributed by atoms with Gasteiger partial charge in [0.15, 0.2) is 0 Å².